The Morgan fingerprint density at radius 3 is 2.85 bits per heavy atom. The Balaban J connectivity index is 1.80. The van der Waals surface area contributed by atoms with Gasteiger partial charge >= 0.3 is 0 Å². The molecule has 5 nitrogen and oxygen atoms in total. The zero-order valence-corrected chi connectivity index (χ0v) is 12.2. The van der Waals surface area contributed by atoms with Crippen LogP contribution in [0.4, 0.5) is 11.4 Å². The lowest BCUT2D eigenvalue weighted by molar-refractivity contribution is -0.116. The van der Waals surface area contributed by atoms with Crippen LogP contribution in [-0.4, -0.2) is 15.7 Å². The van der Waals surface area contributed by atoms with Crippen LogP contribution >= 0.6 is 23.2 Å². The number of nitrogens with two attached hydrogens (primary N) is 1. The Morgan fingerprint density at radius 1 is 1.40 bits per heavy atom. The van der Waals surface area contributed by atoms with E-state index in [1.54, 1.807) is 35.3 Å². The average molecular weight is 313 g/mol. The summed E-state index contributed by atoms with van der Waals surface area (Å²) < 4.78 is 1.70. The lowest BCUT2D eigenvalue weighted by Gasteiger charge is -2.07. The van der Waals surface area contributed by atoms with Crippen LogP contribution in [-0.2, 0) is 11.3 Å². The molecule has 0 saturated heterocycles. The van der Waals surface area contributed by atoms with E-state index in [-0.39, 0.29) is 5.91 Å². The van der Waals surface area contributed by atoms with Gasteiger partial charge in [0.1, 0.15) is 0 Å². The SMILES string of the molecule is Nc1ccc(NC(=O)CCCn2cc(Cl)cn2)c(Cl)c1. The standard InChI is InChI=1S/C13H14Cl2N4O/c14-9-7-17-19(8-9)5-1-2-13(20)18-12-4-3-10(16)6-11(12)15/h3-4,6-8H,1-2,5,16H2,(H,18,20). The van der Waals surface area contributed by atoms with Crippen LogP contribution in [0.5, 0.6) is 0 Å². The van der Waals surface area contributed by atoms with Gasteiger partial charge in [0.05, 0.1) is 21.9 Å². The summed E-state index contributed by atoms with van der Waals surface area (Å²) in [7, 11) is 0. The number of nitrogen functional groups attached to an aromatic ring is 1. The van der Waals surface area contributed by atoms with Crippen molar-refractivity contribution in [2.45, 2.75) is 19.4 Å². The monoisotopic (exact) mass is 312 g/mol. The minimum atomic E-state index is -0.102. The number of aromatic nitrogens is 2. The molecule has 0 bridgehead atoms. The molecule has 1 heterocycles. The molecule has 0 fully saturated rings. The van der Waals surface area contributed by atoms with Crippen LogP contribution in [0.2, 0.25) is 10.0 Å². The molecule has 0 unspecified atom stereocenters. The topological polar surface area (TPSA) is 72.9 Å². The lowest BCUT2D eigenvalue weighted by atomic mass is 10.2. The van der Waals surface area contributed by atoms with Gasteiger partial charge in [0.15, 0.2) is 0 Å². The molecule has 1 amide bonds. The summed E-state index contributed by atoms with van der Waals surface area (Å²) in [5.74, 6) is -0.102. The summed E-state index contributed by atoms with van der Waals surface area (Å²) in [6.45, 7) is 0.635. The largest absolute Gasteiger partial charge is 0.399 e. The predicted octanol–water partition coefficient (Wildman–Crippen LogP) is 3.19. The average Bonchev–Trinajstić information content (AvgIpc) is 2.79. The number of nitrogens with one attached hydrogen (secondary N) is 1. The van der Waals surface area contributed by atoms with Crippen LogP contribution in [0.3, 0.4) is 0 Å². The number of benzene rings is 1. The molecular weight excluding hydrogens is 299 g/mol. The van der Waals surface area contributed by atoms with Gasteiger partial charge in [-0.1, -0.05) is 23.2 Å². The van der Waals surface area contributed by atoms with Crippen LogP contribution in [0.25, 0.3) is 0 Å². The summed E-state index contributed by atoms with van der Waals surface area (Å²) in [5.41, 5.74) is 6.71. The Kier molecular flexibility index (Phi) is 4.87. The van der Waals surface area contributed by atoms with Crippen molar-refractivity contribution in [3.05, 3.63) is 40.6 Å². The van der Waals surface area contributed by atoms with Crippen molar-refractivity contribution in [2.24, 2.45) is 0 Å². The normalized spacial score (nSPS) is 10.5. The van der Waals surface area contributed by atoms with Crippen molar-refractivity contribution in [3.63, 3.8) is 0 Å². The first-order chi connectivity index (χ1) is 9.54. The van der Waals surface area contributed by atoms with Gasteiger partial charge in [-0.2, -0.15) is 5.10 Å². The second-order valence-corrected chi connectivity index (χ2v) is 5.16. The van der Waals surface area contributed by atoms with Crippen molar-refractivity contribution < 1.29 is 4.79 Å². The molecule has 0 aliphatic carbocycles. The predicted molar refractivity (Wildman–Crippen MR) is 81.0 cm³/mol. The van der Waals surface area contributed by atoms with E-state index in [2.05, 4.69) is 10.4 Å². The minimum absolute atomic E-state index is 0.102. The molecule has 3 N–H and O–H groups in total. The molecule has 1 aromatic carbocycles. The van der Waals surface area contributed by atoms with Gasteiger partial charge in [0.2, 0.25) is 5.91 Å². The maximum absolute atomic E-state index is 11.8. The summed E-state index contributed by atoms with van der Waals surface area (Å²) in [5, 5.41) is 7.80. The number of carbonyl (C=O) groups excluding carboxylic acids is 1. The third-order valence-corrected chi connectivity index (χ3v) is 3.17. The van der Waals surface area contributed by atoms with Gasteiger partial charge in [-0.05, 0) is 24.6 Å². The number of anilines is 2. The summed E-state index contributed by atoms with van der Waals surface area (Å²) in [6.07, 6.45) is 4.32. The molecule has 2 aromatic rings. The van der Waals surface area contributed by atoms with Gasteiger partial charge in [-0.25, -0.2) is 0 Å². The molecule has 7 heteroatoms. The number of rotatable bonds is 5. The number of nitrogens with zero attached hydrogens (tertiary/aromatic N) is 2. The highest BCUT2D eigenvalue weighted by Gasteiger charge is 2.06. The van der Waals surface area contributed by atoms with Crippen molar-refractivity contribution >= 4 is 40.5 Å². The third-order valence-electron chi connectivity index (χ3n) is 2.66. The zero-order valence-electron chi connectivity index (χ0n) is 10.6. The number of halogens is 2. The highest BCUT2D eigenvalue weighted by Crippen LogP contribution is 2.24. The molecule has 0 saturated carbocycles. The molecule has 0 atom stereocenters. The van der Waals surface area contributed by atoms with Crippen molar-refractivity contribution in [1.29, 1.82) is 0 Å². The summed E-state index contributed by atoms with van der Waals surface area (Å²) >= 11 is 11.7. The van der Waals surface area contributed by atoms with Crippen LogP contribution in [0.1, 0.15) is 12.8 Å². The second-order valence-electron chi connectivity index (χ2n) is 4.31. The second kappa shape index (κ2) is 6.63. The van der Waals surface area contributed by atoms with Crippen LogP contribution < -0.4 is 11.1 Å². The molecule has 0 radical (unpaired) electrons. The molecule has 1 aromatic heterocycles. The molecule has 0 spiro atoms. The number of hydrogen-bond donors (Lipinski definition) is 2. The van der Waals surface area contributed by atoms with E-state index in [0.29, 0.717) is 40.8 Å². The Morgan fingerprint density at radius 2 is 2.20 bits per heavy atom. The number of amides is 1. The Bertz CT molecular complexity index is 612. The number of hydrogen-bond acceptors (Lipinski definition) is 3. The maximum atomic E-state index is 11.8. The highest BCUT2D eigenvalue weighted by atomic mass is 35.5. The first-order valence-electron chi connectivity index (χ1n) is 6.07. The first-order valence-corrected chi connectivity index (χ1v) is 6.83. The molecule has 0 aliphatic heterocycles. The van der Waals surface area contributed by atoms with E-state index in [1.807, 2.05) is 0 Å². The Hall–Kier alpha value is -1.72. The summed E-state index contributed by atoms with van der Waals surface area (Å²) in [6, 6.07) is 4.97. The minimum Gasteiger partial charge on any atom is -0.399 e. The molecular formula is C13H14Cl2N4O. The van der Waals surface area contributed by atoms with Crippen molar-refractivity contribution in [1.82, 2.24) is 9.78 Å². The summed E-state index contributed by atoms with van der Waals surface area (Å²) in [4.78, 5) is 11.8. The number of aryl methyl sites for hydroxylation is 1. The van der Waals surface area contributed by atoms with Gasteiger partial charge in [0, 0.05) is 24.8 Å². The van der Waals surface area contributed by atoms with Gasteiger partial charge in [-0.15, -0.1) is 0 Å². The fourth-order valence-corrected chi connectivity index (χ4v) is 2.10. The van der Waals surface area contributed by atoms with Gasteiger partial charge in [-0.3, -0.25) is 9.48 Å². The van der Waals surface area contributed by atoms with E-state index in [9.17, 15) is 4.79 Å². The van der Waals surface area contributed by atoms with E-state index in [1.165, 1.54) is 0 Å². The third kappa shape index (κ3) is 4.15. The molecule has 20 heavy (non-hydrogen) atoms. The molecule has 106 valence electrons. The van der Waals surface area contributed by atoms with Crippen LogP contribution in [0, 0.1) is 0 Å². The van der Waals surface area contributed by atoms with E-state index in [4.69, 9.17) is 28.9 Å². The molecule has 0 aliphatic rings. The Labute approximate surface area is 126 Å². The van der Waals surface area contributed by atoms with Gasteiger partial charge < -0.3 is 11.1 Å². The molecule has 2 rings (SSSR count). The van der Waals surface area contributed by atoms with Crippen molar-refractivity contribution in [3.8, 4) is 0 Å². The van der Waals surface area contributed by atoms with Crippen LogP contribution in [0.15, 0.2) is 30.6 Å². The zero-order chi connectivity index (χ0) is 14.5. The van der Waals surface area contributed by atoms with E-state index in [0.717, 1.165) is 0 Å². The quantitative estimate of drug-likeness (QED) is 0.833. The smallest absolute Gasteiger partial charge is 0.224 e. The fraction of sp³-hybridized carbons (Fsp3) is 0.231. The highest BCUT2D eigenvalue weighted by molar-refractivity contribution is 6.34. The van der Waals surface area contributed by atoms with E-state index >= 15 is 0 Å². The lowest BCUT2D eigenvalue weighted by Crippen LogP contribution is -2.13. The fourth-order valence-electron chi connectivity index (χ4n) is 1.71. The first kappa shape index (κ1) is 14.7. The maximum Gasteiger partial charge on any atom is 0.224 e. The van der Waals surface area contributed by atoms with Crippen molar-refractivity contribution in [2.75, 3.05) is 11.1 Å². The number of carbonyl (C=O) groups is 1. The van der Waals surface area contributed by atoms with E-state index < -0.39 is 0 Å². The van der Waals surface area contributed by atoms with Gasteiger partial charge in [0.25, 0.3) is 0 Å².